The van der Waals surface area contributed by atoms with Crippen molar-refractivity contribution in [2.45, 2.75) is 51.7 Å². The Labute approximate surface area is 141 Å². The molecule has 0 aliphatic heterocycles. The molecule has 0 radical (unpaired) electrons. The zero-order valence-electron chi connectivity index (χ0n) is 13.8. The molecule has 7 heteroatoms. The molecule has 0 atom stereocenters. The minimum absolute atomic E-state index is 0.00975. The maximum Gasteiger partial charge on any atom is 0.235 e. The van der Waals surface area contributed by atoms with Gasteiger partial charge in [-0.2, -0.15) is 4.98 Å². The maximum atomic E-state index is 12.1. The molecule has 0 aromatic carbocycles. The molecule has 1 aliphatic rings. The lowest BCUT2D eigenvalue weighted by atomic mass is 9.90. The summed E-state index contributed by atoms with van der Waals surface area (Å²) < 4.78 is 10.9. The molecule has 1 heterocycles. The quantitative estimate of drug-likeness (QED) is 0.805. The van der Waals surface area contributed by atoms with E-state index in [0.29, 0.717) is 17.6 Å². The van der Waals surface area contributed by atoms with E-state index in [-0.39, 0.29) is 18.1 Å². The van der Waals surface area contributed by atoms with Crippen LogP contribution in [0, 0.1) is 5.41 Å². The Hall–Kier alpha value is -1.56. The van der Waals surface area contributed by atoms with Crippen LogP contribution in [-0.4, -0.2) is 41.0 Å². The Bertz CT molecular complexity index is 531. The summed E-state index contributed by atoms with van der Waals surface area (Å²) in [5.41, 5.74) is -0.537. The monoisotopic (exact) mass is 341 g/mol. The van der Waals surface area contributed by atoms with Gasteiger partial charge in [0.05, 0.1) is 24.9 Å². The zero-order chi connectivity index (χ0) is 16.9. The highest BCUT2D eigenvalue weighted by atomic mass is 35.5. The summed E-state index contributed by atoms with van der Waals surface area (Å²) in [5.74, 6) is 1.23. The van der Waals surface area contributed by atoms with Crippen LogP contribution in [0.15, 0.2) is 12.4 Å². The molecular weight excluding hydrogens is 318 g/mol. The molecule has 1 aromatic heterocycles. The Morgan fingerprint density at radius 3 is 2.57 bits per heavy atom. The fraction of sp³-hybridized carbons (Fsp3) is 0.688. The summed E-state index contributed by atoms with van der Waals surface area (Å²) in [6.07, 6.45) is 6.71. The fourth-order valence-electron chi connectivity index (χ4n) is 2.42. The van der Waals surface area contributed by atoms with Crippen LogP contribution in [0.1, 0.15) is 39.5 Å². The highest BCUT2D eigenvalue weighted by Gasteiger charge is 2.30. The van der Waals surface area contributed by atoms with Crippen molar-refractivity contribution in [3.63, 3.8) is 0 Å². The van der Waals surface area contributed by atoms with Crippen LogP contribution in [0.2, 0.25) is 0 Å². The molecule has 1 aromatic rings. The number of rotatable bonds is 6. The number of carbonyl (C=O) groups excluding carboxylic acids is 1. The van der Waals surface area contributed by atoms with Crippen LogP contribution in [0.25, 0.3) is 0 Å². The molecule has 0 unspecified atom stereocenters. The number of methoxy groups -OCH3 is 1. The van der Waals surface area contributed by atoms with Gasteiger partial charge < -0.3 is 14.8 Å². The van der Waals surface area contributed by atoms with Crippen LogP contribution in [0.3, 0.4) is 0 Å². The minimum Gasteiger partial charge on any atom is -0.480 e. The topological polar surface area (TPSA) is 73.3 Å². The van der Waals surface area contributed by atoms with Crippen LogP contribution in [0.4, 0.5) is 0 Å². The van der Waals surface area contributed by atoms with Gasteiger partial charge in [-0.25, -0.2) is 0 Å². The highest BCUT2D eigenvalue weighted by molar-refractivity contribution is 6.19. The largest absolute Gasteiger partial charge is 0.480 e. The summed E-state index contributed by atoms with van der Waals surface area (Å²) in [5, 5.41) is 3.09. The van der Waals surface area contributed by atoms with Gasteiger partial charge in [0, 0.05) is 11.9 Å². The number of alkyl halides is 1. The second-order valence-electron chi connectivity index (χ2n) is 6.48. The standard InChI is InChI=1S/C16H24ClN3O3/c1-16(2,10-17)15(21)19-11-4-6-12(7-5-11)23-14-9-18-8-13(20-14)22-3/h8-9,11-12H,4-7,10H2,1-3H3,(H,19,21). The molecule has 0 bridgehead atoms. The van der Waals surface area contributed by atoms with Gasteiger partial charge >= 0.3 is 0 Å². The first-order valence-electron chi connectivity index (χ1n) is 7.84. The Morgan fingerprint density at radius 1 is 1.30 bits per heavy atom. The number of nitrogens with zero attached hydrogens (tertiary/aromatic N) is 2. The Balaban J connectivity index is 1.81. The SMILES string of the molecule is COc1cncc(OC2CCC(NC(=O)C(C)(C)CCl)CC2)n1. The Morgan fingerprint density at radius 2 is 1.96 bits per heavy atom. The van der Waals surface area contributed by atoms with Gasteiger partial charge in [-0.1, -0.05) is 0 Å². The van der Waals surface area contributed by atoms with E-state index in [1.807, 2.05) is 13.8 Å². The van der Waals surface area contributed by atoms with Crippen molar-refractivity contribution in [1.82, 2.24) is 15.3 Å². The van der Waals surface area contributed by atoms with Crippen LogP contribution < -0.4 is 14.8 Å². The van der Waals surface area contributed by atoms with Crippen molar-refractivity contribution in [1.29, 1.82) is 0 Å². The first-order valence-corrected chi connectivity index (χ1v) is 8.37. The van der Waals surface area contributed by atoms with E-state index in [0.717, 1.165) is 25.7 Å². The first-order chi connectivity index (χ1) is 10.9. The van der Waals surface area contributed by atoms with Gasteiger partial charge in [0.2, 0.25) is 17.7 Å². The van der Waals surface area contributed by atoms with E-state index in [2.05, 4.69) is 15.3 Å². The number of ether oxygens (including phenoxy) is 2. The number of aromatic nitrogens is 2. The number of amides is 1. The summed E-state index contributed by atoms with van der Waals surface area (Å²) in [4.78, 5) is 20.4. The molecular formula is C16H24ClN3O3. The normalized spacial score (nSPS) is 21.6. The third-order valence-electron chi connectivity index (χ3n) is 4.05. The molecule has 6 nitrogen and oxygen atoms in total. The first kappa shape index (κ1) is 17.8. The minimum atomic E-state index is -0.537. The number of halogens is 1. The molecule has 1 N–H and O–H groups in total. The molecule has 1 fully saturated rings. The average molecular weight is 342 g/mol. The molecule has 128 valence electrons. The summed E-state index contributed by atoms with van der Waals surface area (Å²) in [6.45, 7) is 3.71. The van der Waals surface area contributed by atoms with Crippen LogP contribution in [0.5, 0.6) is 11.8 Å². The van der Waals surface area contributed by atoms with Crippen molar-refractivity contribution >= 4 is 17.5 Å². The van der Waals surface area contributed by atoms with Gasteiger partial charge in [0.1, 0.15) is 6.10 Å². The second-order valence-corrected chi connectivity index (χ2v) is 6.75. The van der Waals surface area contributed by atoms with Crippen molar-refractivity contribution in [3.05, 3.63) is 12.4 Å². The van der Waals surface area contributed by atoms with Crippen LogP contribution >= 0.6 is 11.6 Å². The van der Waals surface area contributed by atoms with Gasteiger partial charge in [0.25, 0.3) is 0 Å². The van der Waals surface area contributed by atoms with Crippen molar-refractivity contribution < 1.29 is 14.3 Å². The number of hydrogen-bond donors (Lipinski definition) is 1. The lowest BCUT2D eigenvalue weighted by Gasteiger charge is -2.31. The van der Waals surface area contributed by atoms with E-state index in [4.69, 9.17) is 21.1 Å². The third kappa shape index (κ3) is 4.96. The summed E-state index contributed by atoms with van der Waals surface area (Å²) >= 11 is 5.84. The van der Waals surface area contributed by atoms with E-state index in [1.54, 1.807) is 13.3 Å². The molecule has 2 rings (SSSR count). The number of nitrogens with one attached hydrogen (secondary N) is 1. The Kier molecular flexibility index (Phi) is 6.04. The van der Waals surface area contributed by atoms with E-state index in [9.17, 15) is 4.79 Å². The predicted octanol–water partition coefficient (Wildman–Crippen LogP) is 2.56. The van der Waals surface area contributed by atoms with E-state index in [1.165, 1.54) is 6.20 Å². The van der Waals surface area contributed by atoms with Gasteiger partial charge in [-0.3, -0.25) is 9.78 Å². The average Bonchev–Trinajstić information content (AvgIpc) is 2.56. The van der Waals surface area contributed by atoms with Crippen molar-refractivity contribution in [2.75, 3.05) is 13.0 Å². The highest BCUT2D eigenvalue weighted by Crippen LogP contribution is 2.25. The number of hydrogen-bond acceptors (Lipinski definition) is 5. The molecule has 1 aliphatic carbocycles. The molecule has 0 saturated heterocycles. The van der Waals surface area contributed by atoms with Crippen molar-refractivity contribution in [2.24, 2.45) is 5.41 Å². The predicted molar refractivity (Wildman–Crippen MR) is 87.9 cm³/mol. The molecule has 1 amide bonds. The molecule has 0 spiro atoms. The number of carbonyl (C=O) groups is 1. The molecule has 23 heavy (non-hydrogen) atoms. The summed E-state index contributed by atoms with van der Waals surface area (Å²) in [7, 11) is 1.55. The summed E-state index contributed by atoms with van der Waals surface area (Å²) in [6, 6.07) is 0.182. The fourth-order valence-corrected chi connectivity index (χ4v) is 2.54. The zero-order valence-corrected chi connectivity index (χ0v) is 14.6. The molecule has 1 saturated carbocycles. The lowest BCUT2D eigenvalue weighted by molar-refractivity contribution is -0.129. The maximum absolute atomic E-state index is 12.1. The lowest BCUT2D eigenvalue weighted by Crippen LogP contribution is -2.46. The van der Waals surface area contributed by atoms with E-state index < -0.39 is 5.41 Å². The van der Waals surface area contributed by atoms with Crippen molar-refractivity contribution in [3.8, 4) is 11.8 Å². The van der Waals surface area contributed by atoms with Gasteiger partial charge in [-0.15, -0.1) is 11.6 Å². The smallest absolute Gasteiger partial charge is 0.235 e. The van der Waals surface area contributed by atoms with E-state index >= 15 is 0 Å². The third-order valence-corrected chi connectivity index (χ3v) is 4.71. The second kappa shape index (κ2) is 7.81. The van der Waals surface area contributed by atoms with Gasteiger partial charge in [0.15, 0.2) is 0 Å². The van der Waals surface area contributed by atoms with Crippen LogP contribution in [-0.2, 0) is 4.79 Å². The van der Waals surface area contributed by atoms with Gasteiger partial charge in [-0.05, 0) is 39.5 Å².